The quantitative estimate of drug-likeness (QED) is 0.444. The molecule has 0 radical (unpaired) electrons. The van der Waals surface area contributed by atoms with E-state index in [1.165, 1.54) is 6.07 Å². The molecule has 1 aliphatic heterocycles. The molecule has 1 saturated heterocycles. The van der Waals surface area contributed by atoms with Crippen LogP contribution in [0.1, 0.15) is 24.5 Å². The summed E-state index contributed by atoms with van der Waals surface area (Å²) >= 11 is 0. The zero-order valence-electron chi connectivity index (χ0n) is 20.0. The number of hydrogen-bond acceptors (Lipinski definition) is 6. The van der Waals surface area contributed by atoms with E-state index in [0.717, 1.165) is 50.4 Å². The van der Waals surface area contributed by atoms with E-state index >= 15 is 0 Å². The fourth-order valence-electron chi connectivity index (χ4n) is 3.86. The van der Waals surface area contributed by atoms with Gasteiger partial charge in [-0.1, -0.05) is 30.3 Å². The molecule has 9 heteroatoms. The highest BCUT2D eigenvalue weighted by Crippen LogP contribution is 2.22. The Balaban J connectivity index is 1.66. The molecule has 1 amide bonds. The van der Waals surface area contributed by atoms with Crippen molar-refractivity contribution < 1.29 is 22.7 Å². The van der Waals surface area contributed by atoms with Gasteiger partial charge >= 0.3 is 0 Å². The number of benzene rings is 2. The summed E-state index contributed by atoms with van der Waals surface area (Å²) in [6, 6.07) is 13.2. The van der Waals surface area contributed by atoms with Crippen LogP contribution in [0.3, 0.4) is 0 Å². The Labute approximate surface area is 202 Å². The molecule has 1 heterocycles. The summed E-state index contributed by atoms with van der Waals surface area (Å²) in [5.74, 6) is 0.303. The van der Waals surface area contributed by atoms with E-state index in [9.17, 15) is 13.2 Å². The van der Waals surface area contributed by atoms with Crippen LogP contribution in [0.4, 0.5) is 0 Å². The number of nitrogens with one attached hydrogen (secondary N) is 2. The molecule has 3 rings (SSSR count). The van der Waals surface area contributed by atoms with Gasteiger partial charge in [0.2, 0.25) is 15.9 Å². The first-order valence-corrected chi connectivity index (χ1v) is 13.2. The van der Waals surface area contributed by atoms with Crippen molar-refractivity contribution in [1.82, 2.24) is 14.9 Å². The van der Waals surface area contributed by atoms with Crippen molar-refractivity contribution in [1.29, 1.82) is 0 Å². The minimum Gasteiger partial charge on any atom is -0.494 e. The second-order valence-electron chi connectivity index (χ2n) is 8.32. The number of rotatable bonds is 12. The third kappa shape index (κ3) is 7.80. The molecule has 0 aromatic heterocycles. The van der Waals surface area contributed by atoms with E-state index in [1.807, 2.05) is 37.3 Å². The summed E-state index contributed by atoms with van der Waals surface area (Å²) in [6.45, 7) is 8.77. The number of aryl methyl sites for hydroxylation is 1. The third-order valence-electron chi connectivity index (χ3n) is 5.71. The lowest BCUT2D eigenvalue weighted by molar-refractivity contribution is -0.122. The van der Waals surface area contributed by atoms with Crippen LogP contribution in [0.25, 0.3) is 0 Å². The van der Waals surface area contributed by atoms with Crippen molar-refractivity contribution >= 4 is 15.9 Å². The second kappa shape index (κ2) is 12.9. The zero-order chi connectivity index (χ0) is 24.4. The first-order chi connectivity index (χ1) is 16.4. The van der Waals surface area contributed by atoms with Crippen LogP contribution >= 0.6 is 0 Å². The maximum atomic E-state index is 13.1. The number of carbonyl (C=O) groups is 1. The Bertz CT molecular complexity index is 1020. The zero-order valence-corrected chi connectivity index (χ0v) is 20.8. The smallest absolute Gasteiger partial charge is 0.241 e. The fourth-order valence-corrected chi connectivity index (χ4v) is 5.14. The molecule has 0 spiro atoms. The first-order valence-electron chi connectivity index (χ1n) is 11.8. The number of carbonyl (C=O) groups excluding carboxylic acids is 1. The minimum absolute atomic E-state index is 0.103. The van der Waals surface area contributed by atoms with Crippen molar-refractivity contribution in [3.05, 3.63) is 59.7 Å². The summed E-state index contributed by atoms with van der Waals surface area (Å²) in [5.41, 5.74) is 1.60. The molecule has 1 atom stereocenters. The lowest BCUT2D eigenvalue weighted by atomic mass is 10.1. The monoisotopic (exact) mass is 489 g/mol. The molecule has 8 nitrogen and oxygen atoms in total. The Morgan fingerprint density at radius 2 is 1.88 bits per heavy atom. The molecule has 0 aliphatic carbocycles. The summed E-state index contributed by atoms with van der Waals surface area (Å²) in [5, 5.41) is 2.91. The lowest BCUT2D eigenvalue weighted by Crippen LogP contribution is -2.48. The number of ether oxygens (including phenoxy) is 2. The minimum atomic E-state index is -3.92. The van der Waals surface area contributed by atoms with Gasteiger partial charge < -0.3 is 14.8 Å². The Kier molecular flexibility index (Phi) is 9.88. The Morgan fingerprint density at radius 1 is 1.15 bits per heavy atom. The molecule has 186 valence electrons. The van der Waals surface area contributed by atoms with Gasteiger partial charge in [0, 0.05) is 19.6 Å². The van der Waals surface area contributed by atoms with Crippen LogP contribution in [0, 0.1) is 6.92 Å². The molecule has 1 aliphatic rings. The normalized spacial score (nSPS) is 15.6. The van der Waals surface area contributed by atoms with E-state index in [4.69, 9.17) is 9.47 Å². The maximum Gasteiger partial charge on any atom is 0.241 e. The van der Waals surface area contributed by atoms with Gasteiger partial charge in [-0.25, -0.2) is 8.42 Å². The van der Waals surface area contributed by atoms with Crippen LogP contribution in [0.2, 0.25) is 0 Å². The van der Waals surface area contributed by atoms with Crippen LogP contribution in [0.5, 0.6) is 5.75 Å². The largest absolute Gasteiger partial charge is 0.494 e. The Hall–Kier alpha value is -2.46. The van der Waals surface area contributed by atoms with Crippen molar-refractivity contribution in [2.24, 2.45) is 0 Å². The van der Waals surface area contributed by atoms with Crippen molar-refractivity contribution in [3.8, 4) is 5.75 Å². The highest BCUT2D eigenvalue weighted by molar-refractivity contribution is 7.89. The van der Waals surface area contributed by atoms with Gasteiger partial charge in [0.1, 0.15) is 11.8 Å². The number of morpholine rings is 1. The molecule has 2 aromatic carbocycles. The van der Waals surface area contributed by atoms with E-state index in [0.29, 0.717) is 18.9 Å². The first kappa shape index (κ1) is 26.2. The molecular formula is C25H35N3O5S. The van der Waals surface area contributed by atoms with Crippen molar-refractivity contribution in [2.45, 2.75) is 37.6 Å². The maximum absolute atomic E-state index is 13.1. The number of amides is 1. The van der Waals surface area contributed by atoms with Crippen LogP contribution in [-0.4, -0.2) is 71.3 Å². The van der Waals surface area contributed by atoms with Gasteiger partial charge in [-0.05, 0) is 62.6 Å². The van der Waals surface area contributed by atoms with Crippen LogP contribution in [-0.2, 0) is 26.0 Å². The summed E-state index contributed by atoms with van der Waals surface area (Å²) < 4.78 is 39.8. The predicted octanol–water partition coefficient (Wildman–Crippen LogP) is 2.12. The average molecular weight is 490 g/mol. The molecule has 2 N–H and O–H groups in total. The molecule has 34 heavy (non-hydrogen) atoms. The van der Waals surface area contributed by atoms with Gasteiger partial charge in [0.15, 0.2) is 0 Å². The number of hydrogen-bond donors (Lipinski definition) is 2. The fraction of sp³-hybridized carbons (Fsp3) is 0.480. The number of sulfonamides is 1. The van der Waals surface area contributed by atoms with Crippen molar-refractivity contribution in [2.75, 3.05) is 46.0 Å². The summed E-state index contributed by atoms with van der Waals surface area (Å²) in [7, 11) is -3.92. The Morgan fingerprint density at radius 3 is 2.56 bits per heavy atom. The molecule has 0 saturated carbocycles. The van der Waals surface area contributed by atoms with Crippen molar-refractivity contribution in [3.63, 3.8) is 0 Å². The highest BCUT2D eigenvalue weighted by Gasteiger charge is 2.26. The van der Waals surface area contributed by atoms with E-state index < -0.39 is 16.1 Å². The van der Waals surface area contributed by atoms with E-state index in [1.54, 1.807) is 19.1 Å². The number of nitrogens with zero attached hydrogens (tertiary/aromatic N) is 1. The summed E-state index contributed by atoms with van der Waals surface area (Å²) in [6.07, 6.45) is 1.04. The van der Waals surface area contributed by atoms with Gasteiger partial charge in [-0.15, -0.1) is 0 Å². The average Bonchev–Trinajstić information content (AvgIpc) is 2.84. The lowest BCUT2D eigenvalue weighted by Gasteiger charge is -2.26. The van der Waals surface area contributed by atoms with E-state index in [-0.39, 0.29) is 17.2 Å². The van der Waals surface area contributed by atoms with Gasteiger partial charge in [0.25, 0.3) is 0 Å². The van der Waals surface area contributed by atoms with Crippen LogP contribution < -0.4 is 14.8 Å². The molecule has 0 unspecified atom stereocenters. The van der Waals surface area contributed by atoms with Crippen LogP contribution in [0.15, 0.2) is 53.4 Å². The summed E-state index contributed by atoms with van der Waals surface area (Å²) in [4.78, 5) is 15.4. The van der Waals surface area contributed by atoms with E-state index in [2.05, 4.69) is 14.9 Å². The third-order valence-corrected chi connectivity index (χ3v) is 7.18. The predicted molar refractivity (Wildman–Crippen MR) is 131 cm³/mol. The molecule has 2 aromatic rings. The molecule has 0 bridgehead atoms. The van der Waals surface area contributed by atoms with Gasteiger partial charge in [0.05, 0.1) is 24.7 Å². The highest BCUT2D eigenvalue weighted by atomic mass is 32.2. The molecular weight excluding hydrogens is 454 g/mol. The second-order valence-corrected chi connectivity index (χ2v) is 10.0. The van der Waals surface area contributed by atoms with Gasteiger partial charge in [-0.3, -0.25) is 9.69 Å². The standard InChI is InChI=1S/C25H35N3O5S/c1-3-33-24-11-10-22(18-20(24)2)34(30,31)27-23(19-21-8-5-4-6-9-21)25(29)26-12-7-13-28-14-16-32-17-15-28/h4-6,8-11,18,23,27H,3,7,12-17,19H2,1-2H3,(H,26,29)/t23-/m1/s1. The topological polar surface area (TPSA) is 97.0 Å². The molecule has 1 fully saturated rings. The SMILES string of the molecule is CCOc1ccc(S(=O)(=O)N[C@H](Cc2ccccc2)C(=O)NCCCN2CCOCC2)cc1C. The van der Waals surface area contributed by atoms with Gasteiger partial charge in [-0.2, -0.15) is 4.72 Å².